The van der Waals surface area contributed by atoms with Crippen LogP contribution >= 0.6 is 0 Å². The van der Waals surface area contributed by atoms with E-state index in [0.717, 1.165) is 17.0 Å². The summed E-state index contributed by atoms with van der Waals surface area (Å²) in [5, 5.41) is 0. The molecule has 0 fully saturated rings. The number of nitrogens with two attached hydrogens (primary N) is 1. The van der Waals surface area contributed by atoms with Gasteiger partial charge in [0.15, 0.2) is 0 Å². The lowest BCUT2D eigenvalue weighted by molar-refractivity contribution is 0.410. The maximum Gasteiger partial charge on any atom is 0.251 e. The fraction of sp³-hybridized carbons (Fsp3) is 0.286. The summed E-state index contributed by atoms with van der Waals surface area (Å²) in [4.78, 5) is 18.7. The monoisotopic (exact) mass is 259 g/mol. The molecule has 5 heteroatoms. The van der Waals surface area contributed by atoms with Crippen molar-refractivity contribution in [3.63, 3.8) is 0 Å². The van der Waals surface area contributed by atoms with Gasteiger partial charge in [-0.3, -0.25) is 4.79 Å². The summed E-state index contributed by atoms with van der Waals surface area (Å²) >= 11 is 0. The zero-order valence-electron chi connectivity index (χ0n) is 10.8. The first-order chi connectivity index (χ1) is 9.22. The number of nitrogens with zero attached hydrogens (tertiary/aromatic N) is 1. The fourth-order valence-corrected chi connectivity index (χ4v) is 1.95. The number of para-hydroxylation sites is 1. The molecule has 0 spiro atoms. The number of ether oxygens (including phenoxy) is 1. The van der Waals surface area contributed by atoms with Gasteiger partial charge in [-0.1, -0.05) is 18.2 Å². The van der Waals surface area contributed by atoms with Crippen LogP contribution in [0.15, 0.2) is 35.1 Å². The highest BCUT2D eigenvalue weighted by Gasteiger charge is 2.06. The second-order valence-corrected chi connectivity index (χ2v) is 4.21. The Kier molecular flexibility index (Phi) is 4.30. The summed E-state index contributed by atoms with van der Waals surface area (Å²) in [5.41, 5.74) is 7.04. The Morgan fingerprint density at radius 1 is 1.37 bits per heavy atom. The second kappa shape index (κ2) is 6.15. The van der Waals surface area contributed by atoms with Crippen molar-refractivity contribution in [2.24, 2.45) is 5.73 Å². The third kappa shape index (κ3) is 3.42. The van der Waals surface area contributed by atoms with Gasteiger partial charge < -0.3 is 15.5 Å². The van der Waals surface area contributed by atoms with Gasteiger partial charge in [-0.05, 0) is 12.6 Å². The van der Waals surface area contributed by atoms with E-state index in [9.17, 15) is 4.79 Å². The van der Waals surface area contributed by atoms with Crippen LogP contribution in [0.4, 0.5) is 0 Å². The lowest BCUT2D eigenvalue weighted by Gasteiger charge is -2.08. The minimum Gasteiger partial charge on any atom is -0.496 e. The molecule has 1 aromatic carbocycles. The van der Waals surface area contributed by atoms with Crippen molar-refractivity contribution in [1.29, 1.82) is 0 Å². The van der Waals surface area contributed by atoms with E-state index in [2.05, 4.69) is 9.97 Å². The number of nitrogens with one attached hydrogen (secondary N) is 1. The molecule has 0 atom stereocenters. The first kappa shape index (κ1) is 13.3. The molecule has 0 saturated carbocycles. The van der Waals surface area contributed by atoms with Gasteiger partial charge in [-0.15, -0.1) is 0 Å². The molecule has 0 radical (unpaired) electrons. The first-order valence-electron chi connectivity index (χ1n) is 6.14. The van der Waals surface area contributed by atoms with Crippen LogP contribution in [0.5, 0.6) is 5.75 Å². The summed E-state index contributed by atoms with van der Waals surface area (Å²) < 4.78 is 5.29. The number of methoxy groups -OCH3 is 1. The molecule has 100 valence electrons. The average Bonchev–Trinajstić information content (AvgIpc) is 2.39. The fourth-order valence-electron chi connectivity index (χ4n) is 1.95. The van der Waals surface area contributed by atoms with Crippen molar-refractivity contribution < 1.29 is 4.74 Å². The molecule has 1 heterocycles. The number of aromatic nitrogens is 2. The first-order valence-corrected chi connectivity index (χ1v) is 6.14. The number of hydrogen-bond donors (Lipinski definition) is 2. The van der Waals surface area contributed by atoms with Gasteiger partial charge in [-0.25, -0.2) is 4.98 Å². The number of rotatable bonds is 5. The van der Waals surface area contributed by atoms with Crippen LogP contribution in [0.3, 0.4) is 0 Å². The Hall–Kier alpha value is -2.14. The van der Waals surface area contributed by atoms with E-state index in [1.165, 1.54) is 6.07 Å². The zero-order valence-corrected chi connectivity index (χ0v) is 10.8. The minimum absolute atomic E-state index is 0.150. The highest BCUT2D eigenvalue weighted by molar-refractivity contribution is 5.35. The molecule has 0 aliphatic carbocycles. The molecule has 3 N–H and O–H groups in total. The molecule has 0 saturated heterocycles. The van der Waals surface area contributed by atoms with Crippen molar-refractivity contribution >= 4 is 0 Å². The Bertz CT molecular complexity index is 608. The predicted molar refractivity (Wildman–Crippen MR) is 73.4 cm³/mol. The highest BCUT2D eigenvalue weighted by atomic mass is 16.5. The topological polar surface area (TPSA) is 81.0 Å². The molecule has 5 nitrogen and oxygen atoms in total. The lowest BCUT2D eigenvalue weighted by Crippen LogP contribution is -2.15. The largest absolute Gasteiger partial charge is 0.496 e. The summed E-state index contributed by atoms with van der Waals surface area (Å²) in [7, 11) is 1.62. The summed E-state index contributed by atoms with van der Waals surface area (Å²) in [6, 6.07) is 9.16. The van der Waals surface area contributed by atoms with Crippen molar-refractivity contribution in [3.05, 3.63) is 57.8 Å². The third-order valence-electron chi connectivity index (χ3n) is 2.79. The van der Waals surface area contributed by atoms with E-state index in [1.807, 2.05) is 24.3 Å². The molecular weight excluding hydrogens is 242 g/mol. The van der Waals surface area contributed by atoms with Crippen LogP contribution in [0.1, 0.15) is 17.1 Å². The molecule has 1 aromatic heterocycles. The van der Waals surface area contributed by atoms with Gasteiger partial charge in [0.1, 0.15) is 11.6 Å². The Morgan fingerprint density at radius 2 is 2.16 bits per heavy atom. The molecule has 0 bridgehead atoms. The summed E-state index contributed by atoms with van der Waals surface area (Å²) in [5.74, 6) is 1.41. The van der Waals surface area contributed by atoms with Crippen molar-refractivity contribution in [2.45, 2.75) is 12.8 Å². The van der Waals surface area contributed by atoms with Crippen LogP contribution in [-0.2, 0) is 12.8 Å². The molecule has 0 aliphatic rings. The molecule has 0 amide bonds. The number of H-pyrrole nitrogens is 1. The number of hydrogen-bond acceptors (Lipinski definition) is 4. The number of benzene rings is 1. The Morgan fingerprint density at radius 3 is 2.89 bits per heavy atom. The highest BCUT2D eigenvalue weighted by Crippen LogP contribution is 2.19. The third-order valence-corrected chi connectivity index (χ3v) is 2.79. The molecule has 2 rings (SSSR count). The van der Waals surface area contributed by atoms with Crippen LogP contribution < -0.4 is 16.0 Å². The number of aromatic amines is 1. The van der Waals surface area contributed by atoms with Gasteiger partial charge in [0.25, 0.3) is 5.56 Å². The normalized spacial score (nSPS) is 10.4. The van der Waals surface area contributed by atoms with E-state index < -0.39 is 0 Å². The van der Waals surface area contributed by atoms with Gasteiger partial charge >= 0.3 is 0 Å². The van der Waals surface area contributed by atoms with E-state index in [0.29, 0.717) is 25.2 Å². The van der Waals surface area contributed by atoms with Crippen LogP contribution in [-0.4, -0.2) is 23.6 Å². The smallest absolute Gasteiger partial charge is 0.251 e. The van der Waals surface area contributed by atoms with Crippen molar-refractivity contribution in [2.75, 3.05) is 13.7 Å². The predicted octanol–water partition coefficient (Wildman–Crippen LogP) is 0.871. The Balaban J connectivity index is 2.30. The van der Waals surface area contributed by atoms with E-state index in [1.54, 1.807) is 7.11 Å². The SMILES string of the molecule is COc1ccccc1Cc1nc(CCN)cc(=O)[nH]1. The van der Waals surface area contributed by atoms with Crippen molar-refractivity contribution in [3.8, 4) is 5.75 Å². The molecule has 0 aliphatic heterocycles. The van der Waals surface area contributed by atoms with Crippen LogP contribution in [0, 0.1) is 0 Å². The van der Waals surface area contributed by atoms with Crippen molar-refractivity contribution in [1.82, 2.24) is 9.97 Å². The van der Waals surface area contributed by atoms with Gasteiger partial charge in [0.2, 0.25) is 0 Å². The van der Waals surface area contributed by atoms with E-state index in [-0.39, 0.29) is 5.56 Å². The quantitative estimate of drug-likeness (QED) is 0.835. The van der Waals surface area contributed by atoms with Gasteiger partial charge in [0, 0.05) is 30.2 Å². The average molecular weight is 259 g/mol. The molecule has 2 aromatic rings. The maximum atomic E-state index is 11.6. The minimum atomic E-state index is -0.150. The van der Waals surface area contributed by atoms with Crippen LogP contribution in [0.2, 0.25) is 0 Å². The summed E-state index contributed by atoms with van der Waals surface area (Å²) in [6.45, 7) is 0.477. The second-order valence-electron chi connectivity index (χ2n) is 4.21. The zero-order chi connectivity index (χ0) is 13.7. The van der Waals surface area contributed by atoms with E-state index in [4.69, 9.17) is 10.5 Å². The van der Waals surface area contributed by atoms with Gasteiger partial charge in [-0.2, -0.15) is 0 Å². The standard InChI is InChI=1S/C14H17N3O2/c1-19-12-5-3-2-4-10(12)8-13-16-11(6-7-15)9-14(18)17-13/h2-5,9H,6-8,15H2,1H3,(H,16,17,18). The molecule has 0 unspecified atom stereocenters. The lowest BCUT2D eigenvalue weighted by atomic mass is 10.1. The Labute approximate surface area is 111 Å². The van der Waals surface area contributed by atoms with Gasteiger partial charge in [0.05, 0.1) is 7.11 Å². The molecular formula is C14H17N3O2. The maximum absolute atomic E-state index is 11.6. The van der Waals surface area contributed by atoms with Crippen LogP contribution in [0.25, 0.3) is 0 Å². The van der Waals surface area contributed by atoms with E-state index >= 15 is 0 Å². The molecule has 19 heavy (non-hydrogen) atoms. The summed E-state index contributed by atoms with van der Waals surface area (Å²) in [6.07, 6.45) is 1.13.